The number of carbonyl (C=O) groups is 2. The Labute approximate surface area is 127 Å². The summed E-state index contributed by atoms with van der Waals surface area (Å²) in [4.78, 5) is 25.0. The van der Waals surface area contributed by atoms with Crippen LogP contribution in [0.5, 0.6) is 0 Å². The molecule has 1 aliphatic heterocycles. The lowest BCUT2D eigenvalue weighted by Gasteiger charge is -2.29. The number of rotatable bonds is 4. The molecule has 0 radical (unpaired) electrons. The smallest absolute Gasteiger partial charge is 0.309 e. The van der Waals surface area contributed by atoms with Crippen molar-refractivity contribution < 1.29 is 19.1 Å². The van der Waals surface area contributed by atoms with Crippen LogP contribution < -0.4 is 0 Å². The molecule has 1 aromatic rings. The molecule has 0 aliphatic carbocycles. The van der Waals surface area contributed by atoms with Crippen molar-refractivity contribution in [3.63, 3.8) is 0 Å². The molecule has 6 heteroatoms. The van der Waals surface area contributed by atoms with E-state index in [1.54, 1.807) is 0 Å². The summed E-state index contributed by atoms with van der Waals surface area (Å²) in [5.41, 5.74) is 0.0954. The van der Waals surface area contributed by atoms with Gasteiger partial charge in [0.2, 0.25) is 5.91 Å². The van der Waals surface area contributed by atoms with E-state index in [0.717, 1.165) is 0 Å². The predicted octanol–water partition coefficient (Wildman–Crippen LogP) is 3.11. The van der Waals surface area contributed by atoms with Crippen molar-refractivity contribution in [1.82, 2.24) is 4.90 Å². The van der Waals surface area contributed by atoms with E-state index in [1.807, 2.05) is 13.8 Å². The van der Waals surface area contributed by atoms with Crippen molar-refractivity contribution in [2.75, 3.05) is 6.54 Å². The molecule has 0 saturated carbocycles. The molecule has 1 fully saturated rings. The highest BCUT2D eigenvalue weighted by Crippen LogP contribution is 2.42. The second-order valence-corrected chi connectivity index (χ2v) is 6.08. The van der Waals surface area contributed by atoms with Gasteiger partial charge in [-0.15, -0.1) is 0 Å². The van der Waals surface area contributed by atoms with Crippen LogP contribution in [0.2, 0.25) is 5.02 Å². The van der Waals surface area contributed by atoms with E-state index in [-0.39, 0.29) is 28.8 Å². The standard InChI is InChI=1S/C15H17ClFNO3/c1-8(2)7-18-12(19)6-9(15(20)21)14(18)13-10(16)4-3-5-11(13)17/h3-5,8-9,14H,6-7H2,1-2H3,(H,20,21). The number of likely N-dealkylation sites (tertiary alicyclic amines) is 1. The van der Waals surface area contributed by atoms with Crippen LogP contribution in [0.3, 0.4) is 0 Å². The van der Waals surface area contributed by atoms with Crippen LogP contribution in [0.1, 0.15) is 31.9 Å². The third kappa shape index (κ3) is 3.02. The van der Waals surface area contributed by atoms with Crippen molar-refractivity contribution in [3.05, 3.63) is 34.6 Å². The van der Waals surface area contributed by atoms with Gasteiger partial charge in [-0.3, -0.25) is 9.59 Å². The Hall–Kier alpha value is -1.62. The van der Waals surface area contributed by atoms with Gasteiger partial charge in [0.05, 0.1) is 12.0 Å². The van der Waals surface area contributed by atoms with Crippen LogP contribution in [0.25, 0.3) is 0 Å². The summed E-state index contributed by atoms with van der Waals surface area (Å²) in [5.74, 6) is -2.80. The number of hydrogen-bond donors (Lipinski definition) is 1. The third-order valence-electron chi connectivity index (χ3n) is 3.61. The molecule has 2 unspecified atom stereocenters. The fourth-order valence-electron chi connectivity index (χ4n) is 2.77. The molecule has 1 N–H and O–H groups in total. The first-order chi connectivity index (χ1) is 9.82. The number of hydrogen-bond acceptors (Lipinski definition) is 2. The Balaban J connectivity index is 2.52. The number of halogens is 2. The van der Waals surface area contributed by atoms with Gasteiger partial charge < -0.3 is 10.0 Å². The van der Waals surface area contributed by atoms with Crippen LogP contribution in [-0.4, -0.2) is 28.4 Å². The van der Waals surface area contributed by atoms with Gasteiger partial charge in [-0.25, -0.2) is 4.39 Å². The van der Waals surface area contributed by atoms with Crippen LogP contribution in [-0.2, 0) is 9.59 Å². The Morgan fingerprint density at radius 2 is 2.19 bits per heavy atom. The molecule has 1 amide bonds. The van der Waals surface area contributed by atoms with Crippen molar-refractivity contribution in [3.8, 4) is 0 Å². The quantitative estimate of drug-likeness (QED) is 0.929. The zero-order valence-electron chi connectivity index (χ0n) is 11.8. The van der Waals surface area contributed by atoms with Crippen molar-refractivity contribution in [2.45, 2.75) is 26.3 Å². The molecule has 1 aromatic carbocycles. The van der Waals surface area contributed by atoms with Crippen LogP contribution in [0.4, 0.5) is 4.39 Å². The number of carboxylic acids is 1. The fourth-order valence-corrected chi connectivity index (χ4v) is 3.05. The number of amides is 1. The van der Waals surface area contributed by atoms with Gasteiger partial charge >= 0.3 is 5.97 Å². The minimum absolute atomic E-state index is 0.0954. The number of carbonyl (C=O) groups excluding carboxylic acids is 1. The summed E-state index contributed by atoms with van der Waals surface area (Å²) in [6, 6.07) is 3.35. The highest BCUT2D eigenvalue weighted by atomic mass is 35.5. The van der Waals surface area contributed by atoms with Gasteiger partial charge in [0.15, 0.2) is 0 Å². The summed E-state index contributed by atoms with van der Waals surface area (Å²) in [6.45, 7) is 4.21. The van der Waals surface area contributed by atoms with Crippen molar-refractivity contribution in [2.24, 2.45) is 11.8 Å². The summed E-state index contributed by atoms with van der Waals surface area (Å²) in [5, 5.41) is 9.50. The molecule has 1 aliphatic rings. The van der Waals surface area contributed by atoms with Crippen molar-refractivity contribution in [1.29, 1.82) is 0 Å². The number of nitrogens with zero attached hydrogens (tertiary/aromatic N) is 1. The predicted molar refractivity (Wildman–Crippen MR) is 76.4 cm³/mol. The minimum Gasteiger partial charge on any atom is -0.481 e. The van der Waals surface area contributed by atoms with Crippen LogP contribution in [0.15, 0.2) is 18.2 Å². The lowest BCUT2D eigenvalue weighted by atomic mass is 9.93. The summed E-state index contributed by atoms with van der Waals surface area (Å²) in [7, 11) is 0. The van der Waals surface area contributed by atoms with E-state index in [9.17, 15) is 19.1 Å². The zero-order valence-corrected chi connectivity index (χ0v) is 12.6. The number of aliphatic carboxylic acids is 1. The maximum absolute atomic E-state index is 14.2. The highest BCUT2D eigenvalue weighted by Gasteiger charge is 2.46. The molecule has 2 rings (SSSR count). The van der Waals surface area contributed by atoms with Gasteiger partial charge in [0.1, 0.15) is 5.82 Å². The average Bonchev–Trinajstić information content (AvgIpc) is 2.67. The van der Waals surface area contributed by atoms with E-state index in [4.69, 9.17) is 11.6 Å². The van der Waals surface area contributed by atoms with E-state index in [0.29, 0.717) is 6.54 Å². The fraction of sp³-hybridized carbons (Fsp3) is 0.467. The number of carboxylic acid groups (broad SMARTS) is 1. The van der Waals surface area contributed by atoms with E-state index >= 15 is 0 Å². The summed E-state index contributed by atoms with van der Waals surface area (Å²) < 4.78 is 14.2. The van der Waals surface area contributed by atoms with E-state index < -0.39 is 23.7 Å². The lowest BCUT2D eigenvalue weighted by molar-refractivity contribution is -0.142. The molecule has 0 bridgehead atoms. The SMILES string of the molecule is CC(C)CN1C(=O)CC(C(=O)O)C1c1c(F)cccc1Cl. The maximum atomic E-state index is 14.2. The van der Waals surface area contributed by atoms with Gasteiger partial charge in [-0.05, 0) is 18.1 Å². The lowest BCUT2D eigenvalue weighted by Crippen LogP contribution is -2.34. The maximum Gasteiger partial charge on any atom is 0.309 e. The average molecular weight is 314 g/mol. The van der Waals surface area contributed by atoms with Crippen LogP contribution in [0, 0.1) is 17.7 Å². The second-order valence-electron chi connectivity index (χ2n) is 5.67. The van der Waals surface area contributed by atoms with Gasteiger partial charge in [0.25, 0.3) is 0 Å². The van der Waals surface area contributed by atoms with Gasteiger partial charge in [-0.2, -0.15) is 0 Å². The molecule has 21 heavy (non-hydrogen) atoms. The van der Waals surface area contributed by atoms with Crippen molar-refractivity contribution >= 4 is 23.5 Å². The molecule has 1 saturated heterocycles. The van der Waals surface area contributed by atoms with Gasteiger partial charge in [0, 0.05) is 23.6 Å². The molecule has 4 nitrogen and oxygen atoms in total. The Bertz CT molecular complexity index is 556. The monoisotopic (exact) mass is 313 g/mol. The topological polar surface area (TPSA) is 57.6 Å². The van der Waals surface area contributed by atoms with E-state index in [1.165, 1.54) is 23.1 Å². The normalized spacial score (nSPS) is 22.1. The first-order valence-electron chi connectivity index (χ1n) is 6.79. The van der Waals surface area contributed by atoms with E-state index in [2.05, 4.69) is 0 Å². The Morgan fingerprint density at radius 3 is 2.71 bits per heavy atom. The Kier molecular flexibility index (Phi) is 4.52. The molecule has 0 spiro atoms. The largest absolute Gasteiger partial charge is 0.481 e. The highest BCUT2D eigenvalue weighted by molar-refractivity contribution is 6.31. The zero-order chi connectivity index (χ0) is 15.7. The number of benzene rings is 1. The van der Waals surface area contributed by atoms with Gasteiger partial charge in [-0.1, -0.05) is 31.5 Å². The Morgan fingerprint density at radius 1 is 1.52 bits per heavy atom. The first kappa shape index (κ1) is 15.8. The molecular formula is C15H17ClFNO3. The third-order valence-corrected chi connectivity index (χ3v) is 3.94. The minimum atomic E-state index is -1.11. The molecule has 1 heterocycles. The second kappa shape index (κ2) is 6.02. The summed E-state index contributed by atoms with van der Waals surface area (Å²) >= 11 is 6.06. The summed E-state index contributed by atoms with van der Waals surface area (Å²) in [6.07, 6.45) is -0.128. The first-order valence-corrected chi connectivity index (χ1v) is 7.17. The molecule has 114 valence electrons. The molecule has 2 atom stereocenters. The molecular weight excluding hydrogens is 297 g/mol. The van der Waals surface area contributed by atoms with Crippen LogP contribution >= 0.6 is 11.6 Å². The molecule has 0 aromatic heterocycles.